The fourth-order valence-electron chi connectivity index (χ4n) is 3.31. The number of H-pyrrole nitrogens is 1. The lowest BCUT2D eigenvalue weighted by molar-refractivity contribution is -0.125. The van der Waals surface area contributed by atoms with Crippen molar-refractivity contribution in [1.82, 2.24) is 14.9 Å². The Labute approximate surface area is 187 Å². The van der Waals surface area contributed by atoms with Crippen LogP contribution < -0.4 is 27.2 Å². The van der Waals surface area contributed by atoms with Gasteiger partial charge in [-0.2, -0.15) is 0 Å². The van der Waals surface area contributed by atoms with E-state index in [1.54, 1.807) is 0 Å². The predicted octanol–water partition coefficient (Wildman–Crippen LogP) is 1.86. The maximum atomic E-state index is 13.0. The third-order valence-electron chi connectivity index (χ3n) is 4.78. The number of anilines is 2. The highest BCUT2D eigenvalue weighted by atomic mass is 16.2. The summed E-state index contributed by atoms with van der Waals surface area (Å²) in [5.74, 6) is -0.569. The molecule has 0 saturated carbocycles. The molecule has 0 unspecified atom stereocenters. The Morgan fingerprint density at radius 3 is 2.31 bits per heavy atom. The molecule has 174 valence electrons. The highest BCUT2D eigenvalue weighted by Gasteiger charge is 2.25. The van der Waals surface area contributed by atoms with Gasteiger partial charge in [-0.3, -0.25) is 23.9 Å². The van der Waals surface area contributed by atoms with Gasteiger partial charge in [0.2, 0.25) is 11.8 Å². The van der Waals surface area contributed by atoms with E-state index in [-0.39, 0.29) is 48.6 Å². The molecular formula is C23H33N5O4. The first-order valence-corrected chi connectivity index (χ1v) is 10.8. The molecule has 0 saturated heterocycles. The number of hydrogen-bond acceptors (Lipinski definition) is 5. The van der Waals surface area contributed by atoms with Gasteiger partial charge in [0.05, 0.1) is 0 Å². The van der Waals surface area contributed by atoms with Gasteiger partial charge in [-0.1, -0.05) is 58.0 Å². The molecule has 2 amide bonds. The number of aromatic nitrogens is 2. The first-order chi connectivity index (χ1) is 15.1. The van der Waals surface area contributed by atoms with Crippen molar-refractivity contribution in [2.75, 3.05) is 17.2 Å². The summed E-state index contributed by atoms with van der Waals surface area (Å²) < 4.78 is 1.27. The van der Waals surface area contributed by atoms with Crippen molar-refractivity contribution in [3.63, 3.8) is 0 Å². The molecule has 0 spiro atoms. The number of carbonyl (C=O) groups is 2. The summed E-state index contributed by atoms with van der Waals surface area (Å²) >= 11 is 0. The van der Waals surface area contributed by atoms with Crippen LogP contribution in [0.5, 0.6) is 0 Å². The summed E-state index contributed by atoms with van der Waals surface area (Å²) in [6.07, 6.45) is -0.112. The van der Waals surface area contributed by atoms with Crippen LogP contribution in [0.4, 0.5) is 11.5 Å². The lowest BCUT2D eigenvalue weighted by Gasteiger charge is -2.26. The van der Waals surface area contributed by atoms with Gasteiger partial charge in [-0.25, -0.2) is 4.79 Å². The Morgan fingerprint density at radius 2 is 1.72 bits per heavy atom. The fraction of sp³-hybridized carbons (Fsp3) is 0.478. The minimum atomic E-state index is -0.713. The third-order valence-corrected chi connectivity index (χ3v) is 4.78. The molecule has 2 aromatic rings. The molecule has 0 aliphatic rings. The molecule has 1 heterocycles. The van der Waals surface area contributed by atoms with E-state index in [4.69, 9.17) is 5.73 Å². The number of carbonyl (C=O) groups excluding carboxylic acids is 2. The summed E-state index contributed by atoms with van der Waals surface area (Å²) in [5, 5.41) is 2.79. The summed E-state index contributed by atoms with van der Waals surface area (Å²) in [6, 6.07) is 9.46. The summed E-state index contributed by atoms with van der Waals surface area (Å²) in [5.41, 5.74) is 5.77. The summed E-state index contributed by atoms with van der Waals surface area (Å²) in [6.45, 7) is 8.56. The fourth-order valence-corrected chi connectivity index (χ4v) is 3.31. The average Bonchev–Trinajstić information content (AvgIpc) is 2.73. The minimum absolute atomic E-state index is 0.0241. The van der Waals surface area contributed by atoms with Crippen molar-refractivity contribution < 1.29 is 9.59 Å². The smallest absolute Gasteiger partial charge is 0.330 e. The van der Waals surface area contributed by atoms with Crippen LogP contribution in [0.2, 0.25) is 0 Å². The van der Waals surface area contributed by atoms with Gasteiger partial charge in [0, 0.05) is 32.5 Å². The molecule has 4 N–H and O–H groups in total. The molecule has 1 aromatic carbocycles. The van der Waals surface area contributed by atoms with E-state index >= 15 is 0 Å². The van der Waals surface area contributed by atoms with E-state index in [1.807, 2.05) is 58.0 Å². The van der Waals surface area contributed by atoms with Crippen molar-refractivity contribution >= 4 is 23.3 Å². The molecule has 0 fully saturated rings. The number of benzene rings is 1. The third kappa shape index (κ3) is 6.83. The highest BCUT2D eigenvalue weighted by molar-refractivity contribution is 5.97. The topological polar surface area (TPSA) is 130 Å². The normalized spacial score (nSPS) is 11.1. The van der Waals surface area contributed by atoms with Gasteiger partial charge >= 0.3 is 5.69 Å². The predicted molar refractivity (Wildman–Crippen MR) is 125 cm³/mol. The number of hydrogen-bond donors (Lipinski definition) is 3. The number of amides is 2. The average molecular weight is 444 g/mol. The van der Waals surface area contributed by atoms with Crippen LogP contribution in [-0.4, -0.2) is 27.9 Å². The van der Waals surface area contributed by atoms with E-state index < -0.39 is 17.2 Å². The molecule has 2 rings (SSSR count). The molecule has 0 radical (unpaired) electrons. The zero-order valence-electron chi connectivity index (χ0n) is 19.2. The summed E-state index contributed by atoms with van der Waals surface area (Å²) in [4.78, 5) is 53.7. The van der Waals surface area contributed by atoms with Crippen molar-refractivity contribution in [1.29, 1.82) is 0 Å². The molecule has 9 heteroatoms. The van der Waals surface area contributed by atoms with Crippen LogP contribution in [0.15, 0.2) is 39.9 Å². The number of nitrogen functional groups attached to an aromatic ring is 1. The number of aromatic amines is 1. The lowest BCUT2D eigenvalue weighted by atomic mass is 10.1. The highest BCUT2D eigenvalue weighted by Crippen LogP contribution is 2.20. The maximum Gasteiger partial charge on any atom is 0.330 e. The zero-order chi connectivity index (χ0) is 23.8. The Kier molecular flexibility index (Phi) is 8.80. The SMILES string of the molecule is CC(C)CN(C(=O)CCC(=O)NCc1ccccc1)c1c(N)n(CC(C)C)c(=O)[nH]c1=O. The number of rotatable bonds is 10. The molecule has 0 aliphatic heterocycles. The molecule has 0 aliphatic carbocycles. The maximum absolute atomic E-state index is 13.0. The summed E-state index contributed by atoms with van der Waals surface area (Å²) in [7, 11) is 0. The molecule has 9 nitrogen and oxygen atoms in total. The van der Waals surface area contributed by atoms with Gasteiger partial charge < -0.3 is 16.0 Å². The monoisotopic (exact) mass is 443 g/mol. The molecule has 1 aromatic heterocycles. The van der Waals surface area contributed by atoms with E-state index in [9.17, 15) is 19.2 Å². The van der Waals surface area contributed by atoms with Crippen molar-refractivity contribution in [2.24, 2.45) is 11.8 Å². The second-order valence-electron chi connectivity index (χ2n) is 8.66. The van der Waals surface area contributed by atoms with Crippen LogP contribution in [0.3, 0.4) is 0 Å². The number of nitrogens with one attached hydrogen (secondary N) is 2. The van der Waals surface area contributed by atoms with E-state index in [0.717, 1.165) is 5.56 Å². The Balaban J connectivity index is 2.19. The standard InChI is InChI=1S/C23H33N5O4/c1-15(2)13-27(20-21(24)28(14-16(3)4)23(32)26-22(20)31)19(30)11-10-18(29)25-12-17-8-6-5-7-9-17/h5-9,15-16H,10-14,24H2,1-4H3,(H,25,29)(H,26,31,32). The van der Waals surface area contributed by atoms with Crippen LogP contribution in [-0.2, 0) is 22.7 Å². The van der Waals surface area contributed by atoms with E-state index in [0.29, 0.717) is 13.1 Å². The second-order valence-corrected chi connectivity index (χ2v) is 8.66. The van der Waals surface area contributed by atoms with Crippen molar-refractivity contribution in [2.45, 2.75) is 53.6 Å². The first kappa shape index (κ1) is 24.9. The van der Waals surface area contributed by atoms with Crippen LogP contribution >= 0.6 is 0 Å². The van der Waals surface area contributed by atoms with Gasteiger partial charge in [0.1, 0.15) is 5.82 Å². The van der Waals surface area contributed by atoms with Gasteiger partial charge in [-0.15, -0.1) is 0 Å². The van der Waals surface area contributed by atoms with Crippen LogP contribution in [0.25, 0.3) is 0 Å². The van der Waals surface area contributed by atoms with Gasteiger partial charge in [-0.05, 0) is 17.4 Å². The quantitative estimate of drug-likeness (QED) is 0.516. The molecule has 0 bridgehead atoms. The second kappa shape index (κ2) is 11.3. The van der Waals surface area contributed by atoms with Crippen molar-refractivity contribution in [3.8, 4) is 0 Å². The molecular weight excluding hydrogens is 410 g/mol. The first-order valence-electron chi connectivity index (χ1n) is 10.8. The lowest BCUT2D eigenvalue weighted by Crippen LogP contribution is -2.43. The Hall–Kier alpha value is -3.36. The zero-order valence-corrected chi connectivity index (χ0v) is 19.2. The minimum Gasteiger partial charge on any atom is -0.383 e. The van der Waals surface area contributed by atoms with Crippen LogP contribution in [0, 0.1) is 11.8 Å². The Bertz CT molecular complexity index is 1040. The molecule has 32 heavy (non-hydrogen) atoms. The van der Waals surface area contributed by atoms with Crippen molar-refractivity contribution in [3.05, 3.63) is 56.7 Å². The van der Waals surface area contributed by atoms with E-state index in [2.05, 4.69) is 10.3 Å². The molecule has 0 atom stereocenters. The largest absolute Gasteiger partial charge is 0.383 e. The van der Waals surface area contributed by atoms with E-state index in [1.165, 1.54) is 9.47 Å². The van der Waals surface area contributed by atoms with Crippen LogP contribution in [0.1, 0.15) is 46.1 Å². The van der Waals surface area contributed by atoms with Gasteiger partial charge in [0.15, 0.2) is 5.69 Å². The number of nitrogens with zero attached hydrogens (tertiary/aromatic N) is 2. The Morgan fingerprint density at radius 1 is 1.06 bits per heavy atom. The number of nitrogens with two attached hydrogens (primary N) is 1. The van der Waals surface area contributed by atoms with Gasteiger partial charge in [0.25, 0.3) is 5.56 Å².